The zero-order chi connectivity index (χ0) is 21.5. The summed E-state index contributed by atoms with van der Waals surface area (Å²) in [5, 5.41) is 0. The Hall–Kier alpha value is -3.84. The molecule has 0 aromatic heterocycles. The van der Waals surface area contributed by atoms with Crippen LogP contribution in [0.3, 0.4) is 0 Å². The zero-order valence-corrected chi connectivity index (χ0v) is 17.6. The topological polar surface area (TPSA) is 9.23 Å². The van der Waals surface area contributed by atoms with Gasteiger partial charge in [0.2, 0.25) is 0 Å². The predicted molar refractivity (Wildman–Crippen MR) is 132 cm³/mol. The van der Waals surface area contributed by atoms with Crippen molar-refractivity contribution in [3.05, 3.63) is 133 Å². The van der Waals surface area contributed by atoms with E-state index in [0.717, 1.165) is 46.6 Å². The number of rotatable bonds is 8. The van der Waals surface area contributed by atoms with Gasteiger partial charge in [0, 0.05) is 11.1 Å². The highest BCUT2D eigenvalue weighted by Crippen LogP contribution is 2.39. The van der Waals surface area contributed by atoms with Crippen molar-refractivity contribution in [2.75, 3.05) is 0 Å². The predicted octanol–water partition coefficient (Wildman–Crippen LogP) is 8.27. The summed E-state index contributed by atoms with van der Waals surface area (Å²) in [5.74, 6) is 1.68. The molecule has 0 saturated carbocycles. The number of hydrogen-bond donors (Lipinski definition) is 0. The molecular weight excluding hydrogens is 376 g/mol. The molecule has 0 atom stereocenters. The van der Waals surface area contributed by atoms with E-state index in [9.17, 15) is 0 Å². The summed E-state index contributed by atoms with van der Waals surface area (Å²) in [7, 11) is 0. The fraction of sp³-hybridized carbons (Fsp3) is 0.0667. The van der Waals surface area contributed by atoms with Crippen LogP contribution in [-0.2, 0) is 12.8 Å². The van der Waals surface area contributed by atoms with E-state index in [1.807, 2.05) is 24.3 Å². The summed E-state index contributed by atoms with van der Waals surface area (Å²) in [6, 6.07) is 33.5. The van der Waals surface area contributed by atoms with Gasteiger partial charge >= 0.3 is 0 Å². The summed E-state index contributed by atoms with van der Waals surface area (Å²) < 4.78 is 6.56. The minimum Gasteiger partial charge on any atom is -0.456 e. The average Bonchev–Trinajstić information content (AvgIpc) is 2.82. The van der Waals surface area contributed by atoms with Crippen LogP contribution < -0.4 is 4.74 Å². The highest BCUT2D eigenvalue weighted by Gasteiger charge is 2.13. The van der Waals surface area contributed by atoms with E-state index in [1.165, 1.54) is 11.1 Å². The van der Waals surface area contributed by atoms with Crippen molar-refractivity contribution in [1.82, 2.24) is 0 Å². The Bertz CT molecular complexity index is 1080. The Kier molecular flexibility index (Phi) is 6.44. The Labute approximate surface area is 185 Å². The van der Waals surface area contributed by atoms with Crippen LogP contribution in [0.1, 0.15) is 11.1 Å². The quantitative estimate of drug-likeness (QED) is 0.269. The van der Waals surface area contributed by atoms with E-state index in [2.05, 4.69) is 98.1 Å². The van der Waals surface area contributed by atoms with Crippen LogP contribution in [0.5, 0.6) is 11.5 Å². The van der Waals surface area contributed by atoms with Gasteiger partial charge in [-0.25, -0.2) is 0 Å². The number of ether oxygens (including phenoxy) is 1. The van der Waals surface area contributed by atoms with Gasteiger partial charge in [-0.2, -0.15) is 0 Å². The lowest BCUT2D eigenvalue weighted by atomic mass is 9.99. The fourth-order valence-corrected chi connectivity index (χ4v) is 3.72. The second kappa shape index (κ2) is 9.77. The van der Waals surface area contributed by atoms with Crippen LogP contribution in [0.2, 0.25) is 0 Å². The summed E-state index contributed by atoms with van der Waals surface area (Å²) in [6.07, 6.45) is 5.50. The lowest BCUT2D eigenvalue weighted by molar-refractivity contribution is 0.486. The summed E-state index contributed by atoms with van der Waals surface area (Å²) >= 11 is 0. The Morgan fingerprint density at radius 3 is 1.35 bits per heavy atom. The number of hydrogen-bond acceptors (Lipinski definition) is 1. The Morgan fingerprint density at radius 1 is 0.548 bits per heavy atom. The largest absolute Gasteiger partial charge is 0.456 e. The third-order valence-electron chi connectivity index (χ3n) is 5.24. The first-order valence-electron chi connectivity index (χ1n) is 10.5. The molecule has 0 aliphatic rings. The van der Waals surface area contributed by atoms with Gasteiger partial charge in [0.05, 0.1) is 0 Å². The highest BCUT2D eigenvalue weighted by atomic mass is 16.5. The normalized spacial score (nSPS) is 10.5. The Balaban J connectivity index is 1.80. The van der Waals surface area contributed by atoms with E-state index in [1.54, 1.807) is 0 Å². The van der Waals surface area contributed by atoms with Crippen molar-refractivity contribution >= 4 is 0 Å². The molecule has 4 aromatic rings. The van der Waals surface area contributed by atoms with Crippen LogP contribution in [0.4, 0.5) is 0 Å². The first-order valence-corrected chi connectivity index (χ1v) is 10.5. The van der Waals surface area contributed by atoms with Crippen molar-refractivity contribution in [3.63, 3.8) is 0 Å². The molecule has 0 fully saturated rings. The molecule has 0 amide bonds. The van der Waals surface area contributed by atoms with Crippen molar-refractivity contribution < 1.29 is 4.74 Å². The van der Waals surface area contributed by atoms with Gasteiger partial charge < -0.3 is 4.74 Å². The zero-order valence-electron chi connectivity index (χ0n) is 17.6. The lowest BCUT2D eigenvalue weighted by Crippen LogP contribution is -1.94. The van der Waals surface area contributed by atoms with Crippen LogP contribution in [0.15, 0.2) is 122 Å². The molecule has 0 spiro atoms. The molecule has 0 aliphatic heterocycles. The van der Waals surface area contributed by atoms with E-state index >= 15 is 0 Å². The molecule has 0 N–H and O–H groups in total. The van der Waals surface area contributed by atoms with Crippen LogP contribution in [0, 0.1) is 0 Å². The third kappa shape index (κ3) is 4.84. The highest BCUT2D eigenvalue weighted by molar-refractivity contribution is 5.75. The maximum absolute atomic E-state index is 6.56. The van der Waals surface area contributed by atoms with E-state index < -0.39 is 0 Å². The molecular formula is C30H26O. The first-order chi connectivity index (χ1) is 15.3. The summed E-state index contributed by atoms with van der Waals surface area (Å²) in [4.78, 5) is 0. The molecule has 1 nitrogen and oxygen atoms in total. The average molecular weight is 403 g/mol. The maximum atomic E-state index is 6.56. The first kappa shape index (κ1) is 20.4. The fourth-order valence-electron chi connectivity index (χ4n) is 3.72. The maximum Gasteiger partial charge on any atom is 0.135 e. The van der Waals surface area contributed by atoms with Gasteiger partial charge in [0.1, 0.15) is 11.5 Å². The molecule has 4 rings (SSSR count). The van der Waals surface area contributed by atoms with E-state index in [0.29, 0.717) is 0 Å². The Morgan fingerprint density at radius 2 is 0.968 bits per heavy atom. The summed E-state index contributed by atoms with van der Waals surface area (Å²) in [6.45, 7) is 7.76. The second-order valence-electron chi connectivity index (χ2n) is 7.48. The molecule has 0 aliphatic carbocycles. The molecule has 1 heteroatoms. The van der Waals surface area contributed by atoms with Crippen molar-refractivity contribution in [1.29, 1.82) is 0 Å². The van der Waals surface area contributed by atoms with Crippen LogP contribution >= 0.6 is 0 Å². The summed E-state index contributed by atoms with van der Waals surface area (Å²) in [5.41, 5.74) is 6.85. The van der Waals surface area contributed by atoms with Gasteiger partial charge in [-0.05, 0) is 59.4 Å². The molecule has 152 valence electrons. The van der Waals surface area contributed by atoms with Crippen LogP contribution in [0.25, 0.3) is 22.3 Å². The molecule has 0 radical (unpaired) electrons. The SMILES string of the molecule is C=CCc1ccc(Oc2ccc(CC=C)cc2-c2ccccc2)c(-c2ccccc2)c1. The van der Waals surface area contributed by atoms with Gasteiger partial charge in [-0.1, -0.05) is 84.9 Å². The second-order valence-corrected chi connectivity index (χ2v) is 7.48. The number of allylic oxidation sites excluding steroid dienone is 2. The minimum atomic E-state index is 0.825. The molecule has 0 heterocycles. The van der Waals surface area contributed by atoms with Crippen molar-refractivity contribution in [2.45, 2.75) is 12.8 Å². The van der Waals surface area contributed by atoms with Gasteiger partial charge in [-0.15, -0.1) is 13.2 Å². The molecule has 31 heavy (non-hydrogen) atoms. The standard InChI is InChI=1S/C30H26O/c1-3-11-23-17-19-29(27(21-23)25-13-7-5-8-14-25)31-30-20-18-24(12-4-2)22-28(30)26-15-9-6-10-16-26/h3-10,13-22H,1-2,11-12H2. The van der Waals surface area contributed by atoms with Gasteiger partial charge in [0.15, 0.2) is 0 Å². The lowest BCUT2D eigenvalue weighted by Gasteiger charge is -2.17. The van der Waals surface area contributed by atoms with E-state index in [-0.39, 0.29) is 0 Å². The molecule has 4 aromatic carbocycles. The minimum absolute atomic E-state index is 0.825. The van der Waals surface area contributed by atoms with Gasteiger partial charge in [0.25, 0.3) is 0 Å². The van der Waals surface area contributed by atoms with Gasteiger partial charge in [-0.3, -0.25) is 0 Å². The van der Waals surface area contributed by atoms with Crippen molar-refractivity contribution in [2.24, 2.45) is 0 Å². The smallest absolute Gasteiger partial charge is 0.135 e. The van der Waals surface area contributed by atoms with Crippen LogP contribution in [-0.4, -0.2) is 0 Å². The van der Waals surface area contributed by atoms with Crippen molar-refractivity contribution in [3.8, 4) is 33.8 Å². The third-order valence-corrected chi connectivity index (χ3v) is 5.24. The van der Waals surface area contributed by atoms with E-state index in [4.69, 9.17) is 4.74 Å². The molecule has 0 saturated heterocycles. The number of benzene rings is 4. The molecule has 0 unspecified atom stereocenters. The monoisotopic (exact) mass is 402 g/mol. The molecule has 0 bridgehead atoms.